The number of anilines is 3. The fourth-order valence-corrected chi connectivity index (χ4v) is 16.5. The maximum atomic E-state index is 13.8. The van der Waals surface area contributed by atoms with Gasteiger partial charge < -0.3 is 35.0 Å². The normalized spacial score (nSPS) is 21.5. The van der Waals surface area contributed by atoms with Gasteiger partial charge in [-0.25, -0.2) is 19.6 Å². The van der Waals surface area contributed by atoms with Crippen LogP contribution in [-0.4, -0.2) is 151 Å². The van der Waals surface area contributed by atoms with Crippen molar-refractivity contribution in [3.05, 3.63) is 131 Å². The van der Waals surface area contributed by atoms with Gasteiger partial charge >= 0.3 is 12.1 Å². The molecule has 2 aliphatic heterocycles. The number of aromatic carboxylic acids is 1. The van der Waals surface area contributed by atoms with Crippen LogP contribution in [0.2, 0.25) is 0 Å². The van der Waals surface area contributed by atoms with E-state index in [1.165, 1.54) is 33.3 Å². The lowest BCUT2D eigenvalue weighted by Gasteiger charge is -2.69. The summed E-state index contributed by atoms with van der Waals surface area (Å²) in [6.45, 7) is 7.96. The lowest BCUT2D eigenvalue weighted by atomic mass is 9.39. The van der Waals surface area contributed by atoms with E-state index in [9.17, 15) is 51.6 Å². The molecule has 6 aromatic rings. The molecular formula is C66H74N11O13S2. The van der Waals surface area contributed by atoms with Crippen molar-refractivity contribution >= 4 is 96.1 Å². The molecule has 4 aliphatic carbocycles. The van der Waals surface area contributed by atoms with Crippen LogP contribution < -0.4 is 20.9 Å². The van der Waals surface area contributed by atoms with Crippen molar-refractivity contribution < 1.29 is 61.1 Å². The number of aromatic nitrogens is 5. The number of unbranched alkanes of at least 4 members (excludes halogenated alkanes) is 2. The summed E-state index contributed by atoms with van der Waals surface area (Å²) in [5, 5.41) is 24.5. The van der Waals surface area contributed by atoms with Gasteiger partial charge in [0, 0.05) is 111 Å². The standard InChI is InChI=1S/C66H74N11O13S2/c1-43-49(47-18-19-52(71-57(47)60(83)84)75-27-23-45-13-8-15-48(50(45)35-75)59(82)73-61-72-58-51(91-61)16-9-24-68-58)34-69-77(43)42-65-37-63(2)36-64(3,38-65)40-66(39-63,41-65)90-31-28-74(29-32-92(86,87)88)62(85)89-30-10-12-44-11-7-14-46(33-44)70-54(79)22-25-67-53(78)17-5-4-6-26-76-55(80)20-21-56(76)81/h7-13,15-16,18-21,24,33-34H,4-6,17,22-23,25-32,35-42H2,1-3H3,(H,67,78)(H,70,79)(H,83,84)(H,86,87,88)(H,68,72,73,82)/b12-10+. The Morgan fingerprint density at radius 3 is 2.43 bits per heavy atom. The van der Waals surface area contributed by atoms with Crippen LogP contribution in [0, 0.1) is 29.2 Å². The average Bonchev–Trinajstić information content (AvgIpc) is 0.728. The van der Waals surface area contributed by atoms with Crippen LogP contribution in [0.1, 0.15) is 128 Å². The predicted octanol–water partition coefficient (Wildman–Crippen LogP) is 8.68. The van der Waals surface area contributed by atoms with E-state index in [1.54, 1.807) is 54.9 Å². The Labute approximate surface area is 536 Å². The number of fused-ring (bicyclic) bond motifs is 2. The molecule has 4 saturated carbocycles. The van der Waals surface area contributed by atoms with Gasteiger partial charge in [-0.1, -0.05) is 61.9 Å². The summed E-state index contributed by atoms with van der Waals surface area (Å²) in [5.41, 5.74) is 4.72. The van der Waals surface area contributed by atoms with Crippen LogP contribution in [-0.2, 0) is 58.3 Å². The van der Waals surface area contributed by atoms with Crippen molar-refractivity contribution in [2.45, 2.75) is 117 Å². The number of carbonyl (C=O) groups is 7. The Morgan fingerprint density at radius 2 is 1.67 bits per heavy atom. The minimum Gasteiger partial charge on any atom is -0.476 e. The highest BCUT2D eigenvalue weighted by Gasteiger charge is 2.66. The number of imide groups is 1. The van der Waals surface area contributed by atoms with Crippen LogP contribution in [0.4, 0.5) is 21.4 Å². The molecule has 0 saturated heterocycles. The highest BCUT2D eigenvalue weighted by atomic mass is 32.2. The van der Waals surface area contributed by atoms with Gasteiger partial charge in [0.25, 0.3) is 27.8 Å². The Bertz CT molecular complexity index is 3980. The minimum atomic E-state index is -4.45. The van der Waals surface area contributed by atoms with Gasteiger partial charge in [-0.3, -0.25) is 43.4 Å². The Balaban J connectivity index is 0.681. The monoisotopic (exact) mass is 1290 g/mol. The summed E-state index contributed by atoms with van der Waals surface area (Å²) < 4.78 is 49.0. The van der Waals surface area contributed by atoms with Crippen LogP contribution in [0.15, 0.2) is 91.3 Å². The van der Waals surface area contributed by atoms with Crippen molar-refractivity contribution in [1.29, 1.82) is 0 Å². The lowest BCUT2D eigenvalue weighted by Crippen LogP contribution is -2.64. The molecule has 6 heterocycles. The Kier molecular flexibility index (Phi) is 18.9. The maximum Gasteiger partial charge on any atom is 0.410 e. The quantitative estimate of drug-likeness (QED) is 0.0183. The number of carboxylic acids is 1. The van der Waals surface area contributed by atoms with Crippen molar-refractivity contribution in [1.82, 2.24) is 39.8 Å². The first-order valence-electron chi connectivity index (χ1n) is 30.9. The highest BCUT2D eigenvalue weighted by molar-refractivity contribution is 7.85. The van der Waals surface area contributed by atoms with E-state index >= 15 is 0 Å². The molecule has 5 N–H and O–H groups in total. The molecule has 12 rings (SSSR count). The van der Waals surface area contributed by atoms with Crippen molar-refractivity contribution in [3.63, 3.8) is 0 Å². The zero-order valence-electron chi connectivity index (χ0n) is 51.6. The van der Waals surface area contributed by atoms with Crippen molar-refractivity contribution in [2.75, 3.05) is 67.2 Å². The van der Waals surface area contributed by atoms with Crippen LogP contribution in [0.5, 0.6) is 0 Å². The second-order valence-electron chi connectivity index (χ2n) is 25.7. The van der Waals surface area contributed by atoms with Crippen LogP contribution in [0.3, 0.4) is 0 Å². The number of rotatable bonds is 27. The van der Waals surface area contributed by atoms with E-state index in [2.05, 4.69) is 45.8 Å². The molecule has 1 radical (unpaired) electrons. The third kappa shape index (κ3) is 15.3. The maximum absolute atomic E-state index is 13.8. The van der Waals surface area contributed by atoms with E-state index in [0.717, 1.165) is 53.6 Å². The first kappa shape index (κ1) is 64.8. The van der Waals surface area contributed by atoms with Gasteiger partial charge in [0.1, 0.15) is 12.4 Å². The molecule has 26 heteroatoms. The Hall–Kier alpha value is -8.72. The van der Waals surface area contributed by atoms with E-state index < -0.39 is 33.5 Å². The number of carboxylic acid groups (broad SMARTS) is 1. The van der Waals surface area contributed by atoms with E-state index in [4.69, 9.17) is 19.6 Å². The molecule has 2 atom stereocenters. The third-order valence-corrected chi connectivity index (χ3v) is 19.7. The zero-order chi connectivity index (χ0) is 65.0. The molecule has 4 bridgehead atoms. The summed E-state index contributed by atoms with van der Waals surface area (Å²) in [7, 11) is -4.45. The average molecular weight is 1290 g/mol. The van der Waals surface area contributed by atoms with E-state index in [-0.39, 0.29) is 97.2 Å². The second-order valence-corrected chi connectivity index (χ2v) is 28.3. The molecule has 2 unspecified atom stereocenters. The third-order valence-electron chi connectivity index (χ3n) is 18.1. The Morgan fingerprint density at radius 1 is 0.880 bits per heavy atom. The highest BCUT2D eigenvalue weighted by Crippen LogP contribution is 2.72. The summed E-state index contributed by atoms with van der Waals surface area (Å²) >= 11 is 1.34. The predicted molar refractivity (Wildman–Crippen MR) is 343 cm³/mol. The first-order valence-corrected chi connectivity index (χ1v) is 33.3. The van der Waals surface area contributed by atoms with Crippen LogP contribution in [0.25, 0.3) is 27.6 Å². The van der Waals surface area contributed by atoms with Gasteiger partial charge in [-0.2, -0.15) is 18.5 Å². The molecule has 4 fully saturated rings. The summed E-state index contributed by atoms with van der Waals surface area (Å²) in [4.78, 5) is 107. The lowest BCUT2D eigenvalue weighted by molar-refractivity contribution is -0.248. The van der Waals surface area contributed by atoms with Crippen molar-refractivity contribution in [2.24, 2.45) is 16.2 Å². The topological polar surface area (TPSA) is 315 Å². The number of thiazole rings is 1. The SMILES string of the molecule is Cc1c(-c2ccc(N3CCc4cccc(C(=O)Nc5nc6ncccc6s5)c4C3)nc2C(=O)O)cnn1CC12CC3(C)CC(C)(C1)CC(OCCN(CCS(=O)(=O)O)C(=O)OC/C=C/c1cc[c]c(NC(=O)CCNC(=O)CCCCCN4C(=O)C=CC4=O)c1)(C3)C2. The number of benzene rings is 2. The van der Waals surface area contributed by atoms with Gasteiger partial charge in [-0.05, 0) is 140 Å². The second kappa shape index (κ2) is 26.9. The number of pyridine rings is 2. The molecule has 2 aromatic carbocycles. The summed E-state index contributed by atoms with van der Waals surface area (Å²) in [5.74, 6) is -2.95. The molecule has 6 aliphatic rings. The fraction of sp³-hybridized carbons (Fsp3) is 0.439. The number of carbonyl (C=O) groups excluding carboxylic acids is 6. The molecule has 483 valence electrons. The number of hydrogen-bond acceptors (Lipinski definition) is 17. The summed E-state index contributed by atoms with van der Waals surface area (Å²) in [6.07, 6.45) is 16.1. The molecule has 24 nitrogen and oxygen atoms in total. The van der Waals surface area contributed by atoms with Gasteiger partial charge in [-0.15, -0.1) is 0 Å². The molecule has 4 aromatic heterocycles. The molecule has 0 spiro atoms. The molecule has 6 amide bonds. The number of nitrogens with one attached hydrogen (secondary N) is 3. The number of nitrogens with zero attached hydrogens (tertiary/aromatic N) is 8. The van der Waals surface area contributed by atoms with Crippen molar-refractivity contribution in [3.8, 4) is 11.1 Å². The summed E-state index contributed by atoms with van der Waals surface area (Å²) in [6, 6.07) is 21.0. The number of amides is 6. The smallest absolute Gasteiger partial charge is 0.410 e. The fourth-order valence-electron chi connectivity index (χ4n) is 15.3. The van der Waals surface area contributed by atoms with E-state index in [1.807, 2.05) is 46.8 Å². The van der Waals surface area contributed by atoms with Gasteiger partial charge in [0.05, 0.1) is 28.9 Å². The first-order chi connectivity index (χ1) is 43.9. The zero-order valence-corrected chi connectivity index (χ0v) is 53.2. The van der Waals surface area contributed by atoms with Gasteiger partial charge in [0.15, 0.2) is 16.5 Å². The van der Waals surface area contributed by atoms with E-state index in [0.29, 0.717) is 103 Å². The molecular weight excluding hydrogens is 1220 g/mol. The molecule has 92 heavy (non-hydrogen) atoms. The largest absolute Gasteiger partial charge is 0.476 e. The number of ether oxygens (including phenoxy) is 2. The van der Waals surface area contributed by atoms with Crippen LogP contribution >= 0.6 is 11.3 Å². The van der Waals surface area contributed by atoms with Gasteiger partial charge in [0.2, 0.25) is 11.8 Å². The minimum absolute atomic E-state index is 0.0134. The number of hydrogen-bond donors (Lipinski definition) is 5.